The lowest BCUT2D eigenvalue weighted by molar-refractivity contribution is -0.387. The Labute approximate surface area is 137 Å². The van der Waals surface area contributed by atoms with Gasteiger partial charge in [0.1, 0.15) is 0 Å². The molecule has 24 heavy (non-hydrogen) atoms. The Morgan fingerprint density at radius 1 is 1.50 bits per heavy atom. The van der Waals surface area contributed by atoms with E-state index >= 15 is 0 Å². The van der Waals surface area contributed by atoms with Gasteiger partial charge in [0.2, 0.25) is 11.0 Å². The largest absolute Gasteiger partial charge is 0.462 e. The Morgan fingerprint density at radius 3 is 2.75 bits per heavy atom. The van der Waals surface area contributed by atoms with E-state index in [0.29, 0.717) is 16.4 Å². The van der Waals surface area contributed by atoms with Gasteiger partial charge < -0.3 is 10.6 Å². The van der Waals surface area contributed by atoms with Crippen molar-refractivity contribution >= 4 is 23.4 Å². The minimum Gasteiger partial charge on any atom is -0.462 e. The molecule has 0 unspecified atom stereocenters. The van der Waals surface area contributed by atoms with Crippen molar-refractivity contribution in [2.24, 2.45) is 0 Å². The average Bonchev–Trinajstić information content (AvgIpc) is 2.89. The van der Waals surface area contributed by atoms with Gasteiger partial charge in [-0.05, 0) is 30.8 Å². The summed E-state index contributed by atoms with van der Waals surface area (Å²) in [5, 5.41) is 17.7. The van der Waals surface area contributed by atoms with Crippen LogP contribution in [0, 0.1) is 10.1 Å². The summed E-state index contributed by atoms with van der Waals surface area (Å²) in [6.07, 6.45) is -2.93. The second kappa shape index (κ2) is 7.21. The summed E-state index contributed by atoms with van der Waals surface area (Å²) in [5.41, 5.74) is -0.414. The highest BCUT2D eigenvalue weighted by molar-refractivity contribution is 7.99. The van der Waals surface area contributed by atoms with E-state index in [4.69, 9.17) is 10.6 Å². The first-order valence-electron chi connectivity index (χ1n) is 6.47. The SMILES string of the molecule is CCOC(=O)c1ccc(Sc2nnc(C(F)F)n2N)c([N+](=O)[O-])c1. The summed E-state index contributed by atoms with van der Waals surface area (Å²) in [6.45, 7) is 1.72. The normalized spacial score (nSPS) is 10.8. The van der Waals surface area contributed by atoms with Gasteiger partial charge in [-0.25, -0.2) is 18.3 Å². The molecule has 0 aliphatic carbocycles. The molecule has 128 valence electrons. The molecule has 0 aliphatic heterocycles. The quantitative estimate of drug-likeness (QED) is 0.360. The number of halogens is 2. The van der Waals surface area contributed by atoms with Gasteiger partial charge in [0.15, 0.2) is 0 Å². The molecule has 2 aromatic rings. The molecule has 0 amide bonds. The standard InChI is InChI=1S/C12H11F2N5O4S/c1-2-23-11(20)6-3-4-8(7(5-6)19(21)22)24-12-17-16-10(9(13)14)18(12)15/h3-5,9H,2,15H2,1H3. The number of rotatable bonds is 6. The van der Waals surface area contributed by atoms with E-state index < -0.39 is 28.8 Å². The molecule has 1 aromatic heterocycles. The summed E-state index contributed by atoms with van der Waals surface area (Å²) in [6, 6.07) is 3.63. The molecule has 9 nitrogen and oxygen atoms in total. The Hall–Kier alpha value is -2.76. The van der Waals surface area contributed by atoms with Crippen LogP contribution in [0.15, 0.2) is 28.3 Å². The van der Waals surface area contributed by atoms with Crippen LogP contribution in [-0.4, -0.2) is 32.4 Å². The molecule has 1 heterocycles. The predicted molar refractivity (Wildman–Crippen MR) is 78.3 cm³/mol. The number of nitrogens with two attached hydrogens (primary N) is 1. The number of hydrogen-bond acceptors (Lipinski definition) is 8. The van der Waals surface area contributed by atoms with E-state index in [2.05, 4.69) is 10.2 Å². The first-order valence-corrected chi connectivity index (χ1v) is 7.28. The number of ether oxygens (including phenoxy) is 1. The molecule has 0 radical (unpaired) electrons. The smallest absolute Gasteiger partial charge is 0.338 e. The molecule has 0 saturated heterocycles. The number of nitrogen functional groups attached to an aromatic ring is 1. The first kappa shape index (κ1) is 17.6. The van der Waals surface area contributed by atoms with Crippen LogP contribution in [0.2, 0.25) is 0 Å². The number of nitro groups is 1. The van der Waals surface area contributed by atoms with E-state index in [1.807, 2.05) is 0 Å². The zero-order valence-electron chi connectivity index (χ0n) is 12.2. The number of nitro benzene ring substituents is 1. The highest BCUT2D eigenvalue weighted by Crippen LogP contribution is 2.35. The zero-order valence-corrected chi connectivity index (χ0v) is 13.0. The maximum Gasteiger partial charge on any atom is 0.338 e. The number of carbonyl (C=O) groups is 1. The fraction of sp³-hybridized carbons (Fsp3) is 0.250. The Kier molecular flexibility index (Phi) is 5.28. The molecule has 0 saturated carbocycles. The van der Waals surface area contributed by atoms with Gasteiger partial charge in [-0.15, -0.1) is 10.2 Å². The topological polar surface area (TPSA) is 126 Å². The van der Waals surface area contributed by atoms with E-state index in [1.54, 1.807) is 6.92 Å². The van der Waals surface area contributed by atoms with Gasteiger partial charge in [0, 0.05) is 6.07 Å². The molecule has 2 rings (SSSR count). The summed E-state index contributed by atoms with van der Waals surface area (Å²) < 4.78 is 30.6. The van der Waals surface area contributed by atoms with Crippen molar-refractivity contribution in [3.8, 4) is 0 Å². The lowest BCUT2D eigenvalue weighted by Crippen LogP contribution is -2.14. The van der Waals surface area contributed by atoms with Crippen LogP contribution in [0.4, 0.5) is 14.5 Å². The molecule has 0 fully saturated rings. The Morgan fingerprint density at radius 2 is 2.21 bits per heavy atom. The number of esters is 1. The molecular weight excluding hydrogens is 348 g/mol. The van der Waals surface area contributed by atoms with E-state index in [1.165, 1.54) is 12.1 Å². The van der Waals surface area contributed by atoms with Crippen molar-refractivity contribution in [3.05, 3.63) is 39.7 Å². The predicted octanol–water partition coefficient (Wildman–Crippen LogP) is 2.17. The van der Waals surface area contributed by atoms with E-state index in [9.17, 15) is 23.7 Å². The molecule has 0 aliphatic rings. The minimum absolute atomic E-state index is 0.00427. The van der Waals surface area contributed by atoms with Crippen molar-refractivity contribution in [1.82, 2.24) is 14.9 Å². The molecular formula is C12H11F2N5O4S. The van der Waals surface area contributed by atoms with E-state index in [-0.39, 0.29) is 22.2 Å². The summed E-state index contributed by atoms with van der Waals surface area (Å²) in [4.78, 5) is 22.2. The molecule has 2 N–H and O–H groups in total. The third-order valence-corrected chi connectivity index (χ3v) is 3.78. The van der Waals surface area contributed by atoms with Crippen molar-refractivity contribution < 1.29 is 23.2 Å². The third-order valence-electron chi connectivity index (χ3n) is 2.75. The maximum atomic E-state index is 12.6. The van der Waals surface area contributed by atoms with Crippen LogP contribution < -0.4 is 5.84 Å². The number of benzene rings is 1. The summed E-state index contributed by atoms with van der Waals surface area (Å²) in [7, 11) is 0. The van der Waals surface area contributed by atoms with E-state index in [0.717, 1.165) is 6.07 Å². The van der Waals surface area contributed by atoms with Crippen molar-refractivity contribution in [3.63, 3.8) is 0 Å². The van der Waals surface area contributed by atoms with Gasteiger partial charge >= 0.3 is 5.97 Å². The van der Waals surface area contributed by atoms with Crippen LogP contribution in [0.5, 0.6) is 0 Å². The van der Waals surface area contributed by atoms with Gasteiger partial charge in [0.25, 0.3) is 12.1 Å². The zero-order chi connectivity index (χ0) is 17.9. The van der Waals surface area contributed by atoms with Gasteiger partial charge in [0.05, 0.1) is 22.0 Å². The highest BCUT2D eigenvalue weighted by atomic mass is 32.2. The molecule has 0 bridgehead atoms. The van der Waals surface area contributed by atoms with Crippen LogP contribution in [0.1, 0.15) is 29.5 Å². The lowest BCUT2D eigenvalue weighted by atomic mass is 10.2. The first-order chi connectivity index (χ1) is 11.3. The summed E-state index contributed by atoms with van der Waals surface area (Å²) in [5.74, 6) is 3.97. The van der Waals surface area contributed by atoms with Crippen molar-refractivity contribution in [1.29, 1.82) is 0 Å². The number of hydrogen-bond donors (Lipinski definition) is 1. The molecule has 0 spiro atoms. The second-order valence-electron chi connectivity index (χ2n) is 4.27. The van der Waals surface area contributed by atoms with Gasteiger partial charge in [-0.3, -0.25) is 10.1 Å². The average molecular weight is 359 g/mol. The lowest BCUT2D eigenvalue weighted by Gasteiger charge is -2.06. The van der Waals surface area contributed by atoms with Crippen LogP contribution >= 0.6 is 11.8 Å². The number of nitrogens with zero attached hydrogens (tertiary/aromatic N) is 4. The molecule has 1 aromatic carbocycles. The van der Waals surface area contributed by atoms with Gasteiger partial charge in [-0.1, -0.05) is 0 Å². The molecule has 0 atom stereocenters. The highest BCUT2D eigenvalue weighted by Gasteiger charge is 2.23. The van der Waals surface area contributed by atoms with Crippen LogP contribution in [0.3, 0.4) is 0 Å². The van der Waals surface area contributed by atoms with Crippen molar-refractivity contribution in [2.75, 3.05) is 12.4 Å². The number of carbonyl (C=O) groups excluding carboxylic acids is 1. The fourth-order valence-electron chi connectivity index (χ4n) is 1.69. The minimum atomic E-state index is -2.93. The van der Waals surface area contributed by atoms with Crippen molar-refractivity contribution in [2.45, 2.75) is 23.4 Å². The monoisotopic (exact) mass is 359 g/mol. The van der Waals surface area contributed by atoms with Gasteiger partial charge in [-0.2, -0.15) is 0 Å². The summed E-state index contributed by atoms with van der Waals surface area (Å²) >= 11 is 0.678. The fourth-order valence-corrected chi connectivity index (χ4v) is 2.54. The Bertz CT molecular complexity index is 783. The number of alkyl halides is 2. The second-order valence-corrected chi connectivity index (χ2v) is 5.28. The van der Waals surface area contributed by atoms with Crippen LogP contribution in [0.25, 0.3) is 0 Å². The van der Waals surface area contributed by atoms with Crippen LogP contribution in [-0.2, 0) is 4.74 Å². The molecule has 12 heteroatoms. The third kappa shape index (κ3) is 3.59. The maximum absolute atomic E-state index is 12.6. The number of aromatic nitrogens is 3. The Balaban J connectivity index is 2.36.